The average molecular weight is 400 g/mol. The summed E-state index contributed by atoms with van der Waals surface area (Å²) in [6.45, 7) is 5.28. The molecule has 0 aliphatic carbocycles. The maximum absolute atomic E-state index is 12.7. The summed E-state index contributed by atoms with van der Waals surface area (Å²) in [5.41, 5.74) is 2.49. The number of hydrogen-bond acceptors (Lipinski definition) is 3. The van der Waals surface area contributed by atoms with Crippen LogP contribution in [0.3, 0.4) is 0 Å². The smallest absolute Gasteiger partial charge is 0.271 e. The van der Waals surface area contributed by atoms with Crippen LogP contribution in [0.4, 0.5) is 0 Å². The fraction of sp³-hybridized carbons (Fsp3) is 0.208. The van der Waals surface area contributed by atoms with Gasteiger partial charge in [0.2, 0.25) is 5.91 Å². The summed E-state index contributed by atoms with van der Waals surface area (Å²) in [4.78, 5) is 31.5. The first kappa shape index (κ1) is 19.6. The van der Waals surface area contributed by atoms with E-state index in [1.165, 1.54) is 11.6 Å². The van der Waals surface area contributed by atoms with Crippen LogP contribution >= 0.6 is 0 Å². The van der Waals surface area contributed by atoms with Gasteiger partial charge < -0.3 is 14.8 Å². The van der Waals surface area contributed by atoms with Gasteiger partial charge in [0.1, 0.15) is 17.6 Å². The van der Waals surface area contributed by atoms with Crippen molar-refractivity contribution in [2.24, 2.45) is 0 Å². The molecule has 0 fully saturated rings. The summed E-state index contributed by atoms with van der Waals surface area (Å²) < 4.78 is 1.97. The zero-order valence-corrected chi connectivity index (χ0v) is 16.7. The first-order valence-electron chi connectivity index (χ1n) is 10.0. The van der Waals surface area contributed by atoms with Crippen molar-refractivity contribution >= 4 is 11.8 Å². The molecule has 30 heavy (non-hydrogen) atoms. The lowest BCUT2D eigenvalue weighted by molar-refractivity contribution is -0.128. The lowest BCUT2D eigenvalue weighted by Crippen LogP contribution is -2.42. The summed E-state index contributed by atoms with van der Waals surface area (Å²) in [5, 5.41) is 2.94. The van der Waals surface area contributed by atoms with Gasteiger partial charge in [-0.1, -0.05) is 67.2 Å². The number of nitrogens with zero attached hydrogens (tertiary/aromatic N) is 3. The van der Waals surface area contributed by atoms with Gasteiger partial charge in [-0.05, 0) is 23.6 Å². The van der Waals surface area contributed by atoms with E-state index in [4.69, 9.17) is 0 Å². The van der Waals surface area contributed by atoms with E-state index in [0.29, 0.717) is 31.2 Å². The maximum atomic E-state index is 12.7. The molecule has 2 heterocycles. The predicted molar refractivity (Wildman–Crippen MR) is 115 cm³/mol. The van der Waals surface area contributed by atoms with Gasteiger partial charge in [-0.2, -0.15) is 0 Å². The molecule has 1 N–H and O–H groups in total. The minimum absolute atomic E-state index is 0.146. The molecule has 6 heteroatoms. The quantitative estimate of drug-likeness (QED) is 0.647. The van der Waals surface area contributed by atoms with Crippen LogP contribution in [0, 0.1) is 0 Å². The first-order valence-corrected chi connectivity index (χ1v) is 10.0. The van der Waals surface area contributed by atoms with Gasteiger partial charge in [-0.25, -0.2) is 4.98 Å². The van der Waals surface area contributed by atoms with Crippen LogP contribution in [0.5, 0.6) is 0 Å². The Morgan fingerprint density at radius 3 is 2.47 bits per heavy atom. The fourth-order valence-electron chi connectivity index (χ4n) is 3.80. The molecule has 0 spiro atoms. The Hall–Kier alpha value is -3.67. The minimum Gasteiger partial charge on any atom is -0.350 e. The van der Waals surface area contributed by atoms with Crippen molar-refractivity contribution in [1.82, 2.24) is 19.8 Å². The molecule has 2 aromatic carbocycles. The van der Waals surface area contributed by atoms with Crippen molar-refractivity contribution in [3.8, 4) is 0 Å². The molecule has 1 atom stereocenters. The molecular weight excluding hydrogens is 376 g/mol. The molecule has 1 aliphatic heterocycles. The third-order valence-electron chi connectivity index (χ3n) is 5.29. The number of imidazole rings is 1. The SMILES string of the molecule is C=CC(=O)N1CCn2cc(C(=O)NCCc3ccccc3)nc2C1c1ccccc1. The summed E-state index contributed by atoms with van der Waals surface area (Å²) in [6.07, 6.45) is 3.86. The molecular formula is C24H24N4O2. The van der Waals surface area contributed by atoms with E-state index in [9.17, 15) is 9.59 Å². The number of amides is 2. The zero-order chi connectivity index (χ0) is 20.9. The molecule has 0 saturated carbocycles. The highest BCUT2D eigenvalue weighted by molar-refractivity contribution is 5.92. The number of hydrogen-bond donors (Lipinski definition) is 1. The Morgan fingerprint density at radius 2 is 1.77 bits per heavy atom. The molecule has 2 amide bonds. The Kier molecular flexibility index (Phi) is 5.75. The van der Waals surface area contributed by atoms with Crippen LogP contribution < -0.4 is 5.32 Å². The maximum Gasteiger partial charge on any atom is 0.271 e. The molecule has 6 nitrogen and oxygen atoms in total. The van der Waals surface area contributed by atoms with Gasteiger partial charge in [-0.15, -0.1) is 0 Å². The third-order valence-corrected chi connectivity index (χ3v) is 5.29. The van der Waals surface area contributed by atoms with Gasteiger partial charge >= 0.3 is 0 Å². The van der Waals surface area contributed by atoms with Crippen LogP contribution in [0.1, 0.15) is 33.5 Å². The molecule has 0 saturated heterocycles. The van der Waals surface area contributed by atoms with Crippen molar-refractivity contribution in [2.45, 2.75) is 19.0 Å². The van der Waals surface area contributed by atoms with E-state index in [-0.39, 0.29) is 17.9 Å². The Morgan fingerprint density at radius 1 is 1.07 bits per heavy atom. The van der Waals surface area contributed by atoms with Gasteiger partial charge in [0, 0.05) is 25.8 Å². The topological polar surface area (TPSA) is 67.2 Å². The molecule has 0 bridgehead atoms. The van der Waals surface area contributed by atoms with Crippen molar-refractivity contribution < 1.29 is 9.59 Å². The largest absolute Gasteiger partial charge is 0.350 e. The standard InChI is InChI=1S/C24H24N4O2/c1-2-21(29)28-16-15-27-17-20(24(30)25-14-13-18-9-5-3-6-10-18)26-23(27)22(28)19-11-7-4-8-12-19/h2-12,17,22H,1,13-16H2,(H,25,30). The molecule has 4 rings (SSSR count). The highest BCUT2D eigenvalue weighted by atomic mass is 16.2. The second-order valence-corrected chi connectivity index (χ2v) is 7.22. The van der Waals surface area contributed by atoms with Crippen LogP contribution in [-0.2, 0) is 17.8 Å². The minimum atomic E-state index is -0.351. The van der Waals surface area contributed by atoms with Crippen LogP contribution in [0.2, 0.25) is 0 Å². The molecule has 0 radical (unpaired) electrons. The molecule has 1 aromatic heterocycles. The van der Waals surface area contributed by atoms with Gasteiger partial charge in [0.25, 0.3) is 5.91 Å². The highest BCUT2D eigenvalue weighted by Crippen LogP contribution is 2.31. The van der Waals surface area contributed by atoms with Gasteiger partial charge in [0.05, 0.1) is 0 Å². The second-order valence-electron chi connectivity index (χ2n) is 7.22. The third kappa shape index (κ3) is 4.03. The molecule has 1 aliphatic rings. The van der Waals surface area contributed by atoms with E-state index < -0.39 is 0 Å². The van der Waals surface area contributed by atoms with Crippen molar-refractivity contribution in [3.63, 3.8) is 0 Å². The number of carbonyl (C=O) groups is 2. The summed E-state index contributed by atoms with van der Waals surface area (Å²) in [7, 11) is 0. The summed E-state index contributed by atoms with van der Waals surface area (Å²) in [6, 6.07) is 19.4. The van der Waals surface area contributed by atoms with Crippen LogP contribution in [-0.4, -0.2) is 39.4 Å². The van der Waals surface area contributed by atoms with E-state index in [0.717, 1.165) is 12.0 Å². The predicted octanol–water partition coefficient (Wildman–Crippen LogP) is 2.97. The van der Waals surface area contributed by atoms with E-state index in [2.05, 4.69) is 16.9 Å². The number of carbonyl (C=O) groups excluding carboxylic acids is 2. The number of aromatic nitrogens is 2. The number of benzene rings is 2. The lowest BCUT2D eigenvalue weighted by Gasteiger charge is -2.35. The summed E-state index contributed by atoms with van der Waals surface area (Å²) >= 11 is 0. The van der Waals surface area contributed by atoms with Crippen molar-refractivity contribution in [1.29, 1.82) is 0 Å². The first-order chi connectivity index (χ1) is 14.7. The Labute approximate surface area is 175 Å². The van der Waals surface area contributed by atoms with E-state index >= 15 is 0 Å². The van der Waals surface area contributed by atoms with E-state index in [1.54, 1.807) is 11.1 Å². The van der Waals surface area contributed by atoms with Gasteiger partial charge in [-0.3, -0.25) is 9.59 Å². The molecule has 152 valence electrons. The molecule has 1 unspecified atom stereocenters. The summed E-state index contributed by atoms with van der Waals surface area (Å²) in [5.74, 6) is 0.337. The van der Waals surface area contributed by atoms with Crippen molar-refractivity contribution in [3.05, 3.63) is 102 Å². The number of rotatable bonds is 6. The monoisotopic (exact) mass is 400 g/mol. The zero-order valence-electron chi connectivity index (χ0n) is 16.7. The van der Waals surface area contributed by atoms with Crippen LogP contribution in [0.15, 0.2) is 79.5 Å². The number of fused-ring (bicyclic) bond motifs is 1. The highest BCUT2D eigenvalue weighted by Gasteiger charge is 2.33. The fourth-order valence-corrected chi connectivity index (χ4v) is 3.80. The van der Waals surface area contributed by atoms with E-state index in [1.807, 2.05) is 65.2 Å². The Balaban J connectivity index is 1.55. The second kappa shape index (κ2) is 8.78. The van der Waals surface area contributed by atoms with Crippen LogP contribution in [0.25, 0.3) is 0 Å². The number of nitrogens with one attached hydrogen (secondary N) is 1. The average Bonchev–Trinajstić information content (AvgIpc) is 3.23. The lowest BCUT2D eigenvalue weighted by atomic mass is 10.0. The Bertz CT molecular complexity index is 1040. The molecule has 3 aromatic rings. The van der Waals surface area contributed by atoms with Crippen molar-refractivity contribution in [2.75, 3.05) is 13.1 Å². The van der Waals surface area contributed by atoms with Gasteiger partial charge in [0.15, 0.2) is 0 Å². The normalized spacial score (nSPS) is 15.3.